The zero-order valence-electron chi connectivity index (χ0n) is 18.1. The van der Waals surface area contributed by atoms with Gasteiger partial charge < -0.3 is 15.6 Å². The number of nitrogens with one attached hydrogen (secondary N) is 1. The van der Waals surface area contributed by atoms with Crippen molar-refractivity contribution in [2.75, 3.05) is 12.9 Å². The second-order valence-electron chi connectivity index (χ2n) is 7.22. The molecule has 33 heavy (non-hydrogen) atoms. The van der Waals surface area contributed by atoms with Crippen LogP contribution in [-0.4, -0.2) is 38.2 Å². The fraction of sp³-hybridized carbons (Fsp3) is 0.217. The number of ether oxygens (including phenoxy) is 1. The van der Waals surface area contributed by atoms with Crippen LogP contribution in [0.15, 0.2) is 62.5 Å². The third kappa shape index (κ3) is 5.64. The average Bonchev–Trinajstić information content (AvgIpc) is 3.23. The van der Waals surface area contributed by atoms with Gasteiger partial charge >= 0.3 is 5.97 Å². The molecule has 2 aromatic carbocycles. The summed E-state index contributed by atoms with van der Waals surface area (Å²) < 4.78 is 33.1. The Morgan fingerprint density at radius 3 is 2.61 bits per heavy atom. The van der Waals surface area contributed by atoms with Crippen molar-refractivity contribution in [2.45, 2.75) is 34.0 Å². The first kappa shape index (κ1) is 25.0. The lowest BCUT2D eigenvalue weighted by atomic mass is 9.95. The minimum Gasteiger partial charge on any atom is -0.481 e. The molecule has 0 bridgehead atoms. The number of aryl methyl sites for hydroxylation is 1. The maximum Gasteiger partial charge on any atom is 0.305 e. The van der Waals surface area contributed by atoms with Crippen LogP contribution >= 0.6 is 23.1 Å². The van der Waals surface area contributed by atoms with Gasteiger partial charge in [0.05, 0.1) is 38.5 Å². The summed E-state index contributed by atoms with van der Waals surface area (Å²) in [5.41, 5.74) is 8.94. The molecule has 7 nitrogen and oxygen atoms in total. The van der Waals surface area contributed by atoms with Crippen molar-refractivity contribution in [2.24, 2.45) is 5.73 Å². The van der Waals surface area contributed by atoms with Crippen LogP contribution < -0.4 is 5.73 Å². The molecule has 174 valence electrons. The van der Waals surface area contributed by atoms with Crippen molar-refractivity contribution in [3.05, 3.63) is 64.5 Å². The molecular formula is C23H24N2O5S3. The zero-order valence-corrected chi connectivity index (χ0v) is 20.6. The van der Waals surface area contributed by atoms with Gasteiger partial charge in [-0.25, -0.2) is 8.42 Å². The normalized spacial score (nSPS) is 11.5. The molecule has 0 radical (unpaired) electrons. The van der Waals surface area contributed by atoms with E-state index in [1.165, 1.54) is 29.2 Å². The van der Waals surface area contributed by atoms with Crippen LogP contribution in [0.5, 0.6) is 0 Å². The fourth-order valence-corrected chi connectivity index (χ4v) is 7.27. The molecule has 1 heterocycles. The summed E-state index contributed by atoms with van der Waals surface area (Å²) in [5.74, 6) is -1.10. The van der Waals surface area contributed by atoms with Gasteiger partial charge in [-0.2, -0.15) is 0 Å². The molecular weight excluding hydrogens is 480 g/mol. The number of nitrogen functional groups attached to an aromatic ring is 1. The van der Waals surface area contributed by atoms with Gasteiger partial charge in [0.25, 0.3) is 0 Å². The number of carboxylic acid groups (broad SMARTS) is 1. The maximum absolute atomic E-state index is 13.5. The summed E-state index contributed by atoms with van der Waals surface area (Å²) in [7, 11) is -3.84. The van der Waals surface area contributed by atoms with E-state index >= 15 is 0 Å². The predicted octanol–water partition coefficient (Wildman–Crippen LogP) is 4.55. The maximum atomic E-state index is 13.5. The van der Waals surface area contributed by atoms with Gasteiger partial charge in [-0.05, 0) is 53.6 Å². The Balaban J connectivity index is 2.01. The van der Waals surface area contributed by atoms with Crippen LogP contribution in [0.25, 0.3) is 11.1 Å². The molecule has 0 spiro atoms. The molecule has 0 saturated heterocycles. The highest BCUT2D eigenvalue weighted by molar-refractivity contribution is 8.01. The summed E-state index contributed by atoms with van der Waals surface area (Å²) in [6.45, 7) is 2.23. The van der Waals surface area contributed by atoms with Crippen molar-refractivity contribution < 1.29 is 23.1 Å². The second-order valence-corrected chi connectivity index (χ2v) is 11.3. The standard InChI is InChI=1S/C23H24N2O5S3/c1-14-5-3-7-16(13-30-10-9-20(26)27)21(14)15-6-4-8-17(11-15)33(28,29)19-12-18(22(24)25)32-23(19)31-2/h3-8,11-12H,9-10,13H2,1-2H3,(H3,24,25)(H,26,27). The monoisotopic (exact) mass is 504 g/mol. The summed E-state index contributed by atoms with van der Waals surface area (Å²) in [5, 5.41) is 16.5. The van der Waals surface area contributed by atoms with Gasteiger partial charge in [0.1, 0.15) is 5.84 Å². The molecule has 0 aliphatic carbocycles. The van der Waals surface area contributed by atoms with Crippen LogP contribution in [0.2, 0.25) is 0 Å². The molecule has 0 aliphatic rings. The summed E-state index contributed by atoms with van der Waals surface area (Å²) in [6.07, 6.45) is 1.70. The Hall–Kier alpha value is -2.66. The van der Waals surface area contributed by atoms with E-state index in [0.717, 1.165) is 22.3 Å². The number of rotatable bonds is 10. The highest BCUT2D eigenvalue weighted by atomic mass is 32.2. The summed E-state index contributed by atoms with van der Waals surface area (Å²) in [4.78, 5) is 11.4. The highest BCUT2D eigenvalue weighted by Gasteiger charge is 2.25. The Morgan fingerprint density at radius 1 is 1.21 bits per heavy atom. The Kier molecular flexibility index (Phi) is 7.96. The molecule has 1 aromatic heterocycles. The number of hydrogen-bond acceptors (Lipinski definition) is 7. The van der Waals surface area contributed by atoms with Crippen molar-refractivity contribution in [1.29, 1.82) is 5.41 Å². The largest absolute Gasteiger partial charge is 0.481 e. The lowest BCUT2D eigenvalue weighted by molar-refractivity contribution is -0.138. The van der Waals surface area contributed by atoms with Gasteiger partial charge in [0, 0.05) is 0 Å². The van der Waals surface area contributed by atoms with E-state index in [9.17, 15) is 13.2 Å². The minimum atomic E-state index is -3.84. The third-order valence-corrected chi connectivity index (χ3v) is 9.25. The second kappa shape index (κ2) is 10.5. The van der Waals surface area contributed by atoms with Gasteiger partial charge in [0.15, 0.2) is 0 Å². The van der Waals surface area contributed by atoms with Crippen LogP contribution in [-0.2, 0) is 26.0 Å². The minimum absolute atomic E-state index is 0.0878. The van der Waals surface area contributed by atoms with Crippen LogP contribution in [0.3, 0.4) is 0 Å². The number of nitrogens with two attached hydrogens (primary N) is 1. The summed E-state index contributed by atoms with van der Waals surface area (Å²) in [6, 6.07) is 13.9. The number of amidine groups is 1. The first-order valence-corrected chi connectivity index (χ1v) is 13.4. The quantitative estimate of drug-likeness (QED) is 0.160. The molecule has 10 heteroatoms. The lowest BCUT2D eigenvalue weighted by Crippen LogP contribution is -2.09. The Morgan fingerprint density at radius 2 is 1.94 bits per heavy atom. The van der Waals surface area contributed by atoms with Crippen molar-refractivity contribution >= 4 is 44.7 Å². The topological polar surface area (TPSA) is 131 Å². The molecule has 0 saturated carbocycles. The number of carbonyl (C=O) groups is 1. The van der Waals surface area contributed by atoms with Crippen LogP contribution in [0.1, 0.15) is 22.4 Å². The molecule has 0 amide bonds. The molecule has 0 fully saturated rings. The van der Waals surface area contributed by atoms with Crippen LogP contribution in [0, 0.1) is 12.3 Å². The zero-order chi connectivity index (χ0) is 24.2. The smallest absolute Gasteiger partial charge is 0.305 e. The molecule has 3 rings (SSSR count). The number of benzene rings is 2. The number of thiophene rings is 1. The molecule has 0 atom stereocenters. The van der Waals surface area contributed by atoms with Gasteiger partial charge in [-0.3, -0.25) is 10.2 Å². The molecule has 0 unspecified atom stereocenters. The number of carboxylic acids is 1. The van der Waals surface area contributed by atoms with E-state index in [2.05, 4.69) is 0 Å². The highest BCUT2D eigenvalue weighted by Crippen LogP contribution is 2.38. The van der Waals surface area contributed by atoms with Gasteiger partial charge in [-0.1, -0.05) is 30.3 Å². The SMILES string of the molecule is CSc1sc(C(=N)N)cc1S(=O)(=O)c1cccc(-c2c(C)cccc2COCCC(=O)O)c1. The van der Waals surface area contributed by atoms with E-state index in [1.807, 2.05) is 31.2 Å². The molecule has 0 aliphatic heterocycles. The number of thioether (sulfide) groups is 1. The third-order valence-electron chi connectivity index (χ3n) is 4.92. The predicted molar refractivity (Wildman–Crippen MR) is 131 cm³/mol. The van der Waals surface area contributed by atoms with Crippen molar-refractivity contribution in [1.82, 2.24) is 0 Å². The van der Waals surface area contributed by atoms with E-state index in [0.29, 0.717) is 9.09 Å². The van der Waals surface area contributed by atoms with E-state index in [1.54, 1.807) is 24.5 Å². The molecule has 3 aromatic rings. The molecule has 4 N–H and O–H groups in total. The lowest BCUT2D eigenvalue weighted by Gasteiger charge is -2.14. The van der Waals surface area contributed by atoms with Crippen molar-refractivity contribution in [3.63, 3.8) is 0 Å². The fourth-order valence-electron chi connectivity index (χ4n) is 3.37. The Bertz CT molecular complexity index is 1300. The summed E-state index contributed by atoms with van der Waals surface area (Å²) >= 11 is 2.49. The van der Waals surface area contributed by atoms with E-state index < -0.39 is 15.8 Å². The number of sulfone groups is 1. The average molecular weight is 505 g/mol. The van der Waals surface area contributed by atoms with Crippen molar-refractivity contribution in [3.8, 4) is 11.1 Å². The Labute approximate surface area is 201 Å². The van der Waals surface area contributed by atoms with Crippen LogP contribution in [0.4, 0.5) is 0 Å². The number of hydrogen-bond donors (Lipinski definition) is 3. The first-order valence-electron chi connectivity index (χ1n) is 9.91. The van der Waals surface area contributed by atoms with Gasteiger partial charge in [0.2, 0.25) is 9.84 Å². The van der Waals surface area contributed by atoms with E-state index in [-0.39, 0.29) is 35.3 Å². The van der Waals surface area contributed by atoms with Gasteiger partial charge in [-0.15, -0.1) is 23.1 Å². The first-order chi connectivity index (χ1) is 15.6. The van der Waals surface area contributed by atoms with E-state index in [4.69, 9.17) is 21.0 Å². The number of aliphatic carboxylic acids is 1.